The van der Waals surface area contributed by atoms with E-state index in [0.717, 1.165) is 4.57 Å². The van der Waals surface area contributed by atoms with Gasteiger partial charge in [-0.1, -0.05) is 0 Å². The topological polar surface area (TPSA) is 80.3 Å². The van der Waals surface area contributed by atoms with Gasteiger partial charge in [-0.05, 0) is 13.8 Å². The third-order valence-electron chi connectivity index (χ3n) is 3.26. The molecule has 0 N–H and O–H groups in total. The molecule has 2 heterocycles. The van der Waals surface area contributed by atoms with E-state index in [4.69, 9.17) is 9.47 Å². The van der Waals surface area contributed by atoms with E-state index in [2.05, 4.69) is 4.98 Å². The molecule has 0 saturated heterocycles. The van der Waals surface area contributed by atoms with Crippen molar-refractivity contribution in [1.29, 1.82) is 0 Å². The largest absolute Gasteiger partial charge is 0.351 e. The summed E-state index contributed by atoms with van der Waals surface area (Å²) in [6.45, 7) is 5.14. The van der Waals surface area contributed by atoms with Crippen LogP contribution in [0.25, 0.3) is 11.2 Å². The Morgan fingerprint density at radius 1 is 1.14 bits per heavy atom. The summed E-state index contributed by atoms with van der Waals surface area (Å²) >= 11 is 0. The van der Waals surface area contributed by atoms with Gasteiger partial charge in [0, 0.05) is 27.3 Å². The van der Waals surface area contributed by atoms with Crippen LogP contribution in [0.4, 0.5) is 0 Å². The van der Waals surface area contributed by atoms with Crippen LogP contribution in [-0.4, -0.2) is 38.2 Å². The van der Waals surface area contributed by atoms with E-state index in [1.165, 1.54) is 17.9 Å². The number of hydrogen-bond acceptors (Lipinski definition) is 5. The third kappa shape index (κ3) is 2.77. The lowest BCUT2D eigenvalue weighted by Gasteiger charge is -2.18. The predicted molar refractivity (Wildman–Crippen MR) is 77.3 cm³/mol. The van der Waals surface area contributed by atoms with Gasteiger partial charge in [0.05, 0.1) is 12.9 Å². The summed E-state index contributed by atoms with van der Waals surface area (Å²) in [5, 5.41) is 0. The van der Waals surface area contributed by atoms with Gasteiger partial charge in [-0.3, -0.25) is 13.9 Å². The van der Waals surface area contributed by atoms with Crippen molar-refractivity contribution in [1.82, 2.24) is 18.7 Å². The molecule has 2 aromatic heterocycles. The Hall–Kier alpha value is -1.93. The molecule has 0 aliphatic rings. The van der Waals surface area contributed by atoms with Gasteiger partial charge in [0.1, 0.15) is 5.65 Å². The molecular formula is C13H20N4O4. The zero-order valence-electron chi connectivity index (χ0n) is 12.7. The lowest BCUT2D eigenvalue weighted by Crippen LogP contribution is -2.37. The van der Waals surface area contributed by atoms with Gasteiger partial charge >= 0.3 is 5.69 Å². The Kier molecular flexibility index (Phi) is 4.59. The van der Waals surface area contributed by atoms with Crippen LogP contribution < -0.4 is 11.2 Å². The zero-order chi connectivity index (χ0) is 15.6. The van der Waals surface area contributed by atoms with Crippen molar-refractivity contribution in [2.75, 3.05) is 13.2 Å². The van der Waals surface area contributed by atoms with Gasteiger partial charge in [0.2, 0.25) is 0 Å². The fourth-order valence-electron chi connectivity index (χ4n) is 2.26. The molecular weight excluding hydrogens is 276 g/mol. The number of hydrogen-bond donors (Lipinski definition) is 0. The highest BCUT2D eigenvalue weighted by Crippen LogP contribution is 2.09. The maximum atomic E-state index is 12.1. The summed E-state index contributed by atoms with van der Waals surface area (Å²) in [5.74, 6) is 0. The number of rotatable bonds is 6. The first-order chi connectivity index (χ1) is 10.0. The molecule has 2 aromatic rings. The minimum absolute atomic E-state index is 0.256. The van der Waals surface area contributed by atoms with Crippen LogP contribution in [0.5, 0.6) is 0 Å². The Bertz CT molecular complexity index is 737. The summed E-state index contributed by atoms with van der Waals surface area (Å²) in [5.41, 5.74) is -0.0753. The number of fused-ring (bicyclic) bond motifs is 1. The van der Waals surface area contributed by atoms with Crippen LogP contribution in [-0.2, 0) is 30.1 Å². The monoisotopic (exact) mass is 296 g/mol. The fraction of sp³-hybridized carbons (Fsp3) is 0.615. The van der Waals surface area contributed by atoms with Gasteiger partial charge in [-0.25, -0.2) is 9.78 Å². The van der Waals surface area contributed by atoms with E-state index >= 15 is 0 Å². The molecule has 8 nitrogen and oxygen atoms in total. The molecule has 0 fully saturated rings. The van der Waals surface area contributed by atoms with Crippen LogP contribution in [0.2, 0.25) is 0 Å². The molecule has 0 radical (unpaired) electrons. The maximum Gasteiger partial charge on any atom is 0.332 e. The third-order valence-corrected chi connectivity index (χ3v) is 3.26. The van der Waals surface area contributed by atoms with Crippen LogP contribution in [0, 0.1) is 0 Å². The lowest BCUT2D eigenvalue weighted by molar-refractivity contribution is -0.143. The molecule has 0 unspecified atom stereocenters. The van der Waals surface area contributed by atoms with Crippen molar-refractivity contribution in [3.8, 4) is 0 Å². The van der Waals surface area contributed by atoms with Gasteiger partial charge < -0.3 is 14.0 Å². The Morgan fingerprint density at radius 3 is 2.33 bits per heavy atom. The molecule has 2 rings (SSSR count). The number of imidazole rings is 1. The van der Waals surface area contributed by atoms with Crippen LogP contribution in [0.15, 0.2) is 15.9 Å². The second-order valence-electron chi connectivity index (χ2n) is 4.62. The van der Waals surface area contributed by atoms with E-state index in [-0.39, 0.29) is 5.52 Å². The number of ether oxygens (including phenoxy) is 2. The fourth-order valence-corrected chi connectivity index (χ4v) is 2.26. The van der Waals surface area contributed by atoms with Crippen molar-refractivity contribution in [2.24, 2.45) is 14.1 Å². The smallest absolute Gasteiger partial charge is 0.332 e. The predicted octanol–water partition coefficient (Wildman–Crippen LogP) is -0.167. The first-order valence-corrected chi connectivity index (χ1v) is 6.85. The molecule has 116 valence electrons. The van der Waals surface area contributed by atoms with Gasteiger partial charge in [0.15, 0.2) is 11.8 Å². The molecule has 21 heavy (non-hydrogen) atoms. The normalized spacial score (nSPS) is 11.7. The van der Waals surface area contributed by atoms with Crippen molar-refractivity contribution in [2.45, 2.75) is 26.7 Å². The Balaban J connectivity index is 2.51. The number of nitrogens with zero attached hydrogens (tertiary/aromatic N) is 4. The molecule has 0 aliphatic heterocycles. The van der Waals surface area contributed by atoms with Crippen LogP contribution in [0.1, 0.15) is 13.8 Å². The second-order valence-corrected chi connectivity index (χ2v) is 4.62. The van der Waals surface area contributed by atoms with Crippen molar-refractivity contribution < 1.29 is 9.47 Å². The van der Waals surface area contributed by atoms with Crippen molar-refractivity contribution in [3.05, 3.63) is 27.2 Å². The zero-order valence-corrected chi connectivity index (χ0v) is 12.7. The molecule has 0 aliphatic carbocycles. The number of aryl methyl sites for hydroxylation is 1. The Labute approximate surface area is 121 Å². The first-order valence-electron chi connectivity index (χ1n) is 6.85. The molecule has 0 aromatic carbocycles. The van der Waals surface area contributed by atoms with Gasteiger partial charge in [-0.15, -0.1) is 0 Å². The van der Waals surface area contributed by atoms with E-state index < -0.39 is 17.5 Å². The van der Waals surface area contributed by atoms with Gasteiger partial charge in [0.25, 0.3) is 5.56 Å². The van der Waals surface area contributed by atoms with Crippen molar-refractivity contribution in [3.63, 3.8) is 0 Å². The minimum Gasteiger partial charge on any atom is -0.351 e. The van der Waals surface area contributed by atoms with E-state index in [1.807, 2.05) is 13.8 Å². The van der Waals surface area contributed by atoms with Crippen LogP contribution in [0.3, 0.4) is 0 Å². The molecule has 0 amide bonds. The number of aromatic nitrogens is 4. The van der Waals surface area contributed by atoms with Gasteiger partial charge in [-0.2, -0.15) is 0 Å². The Morgan fingerprint density at radius 2 is 1.76 bits per heavy atom. The summed E-state index contributed by atoms with van der Waals surface area (Å²) in [6, 6.07) is 0. The molecule has 8 heteroatoms. The second kappa shape index (κ2) is 6.23. The highest BCUT2D eigenvalue weighted by Gasteiger charge is 2.17. The molecule has 0 atom stereocenters. The quantitative estimate of drug-likeness (QED) is 0.692. The summed E-state index contributed by atoms with van der Waals surface area (Å²) in [4.78, 5) is 28.2. The van der Waals surface area contributed by atoms with E-state index in [9.17, 15) is 9.59 Å². The summed E-state index contributed by atoms with van der Waals surface area (Å²) in [6.07, 6.45) is 1.08. The van der Waals surface area contributed by atoms with E-state index in [1.54, 1.807) is 11.6 Å². The van der Waals surface area contributed by atoms with E-state index in [0.29, 0.717) is 25.4 Å². The standard InChI is InChI=1S/C13H20N4O4/c1-5-20-9(21-6-2)7-17-8-14-10-11(17)15(3)13(19)16(4)12(10)18/h8-9H,5-7H2,1-4H3. The summed E-state index contributed by atoms with van der Waals surface area (Å²) in [7, 11) is 3.05. The maximum absolute atomic E-state index is 12.1. The van der Waals surface area contributed by atoms with Crippen LogP contribution >= 0.6 is 0 Å². The molecule has 0 saturated carbocycles. The minimum atomic E-state index is -0.448. The highest BCUT2D eigenvalue weighted by molar-refractivity contribution is 5.69. The molecule has 0 bridgehead atoms. The molecule has 0 spiro atoms. The first kappa shape index (κ1) is 15.5. The SMILES string of the molecule is CCOC(Cn1cnc2c(=O)n(C)c(=O)n(C)c21)OCC. The van der Waals surface area contributed by atoms with Crippen molar-refractivity contribution >= 4 is 11.2 Å². The average molecular weight is 296 g/mol. The lowest BCUT2D eigenvalue weighted by atomic mass is 10.5. The average Bonchev–Trinajstić information content (AvgIpc) is 2.87. The summed E-state index contributed by atoms with van der Waals surface area (Å²) < 4.78 is 15.1. The highest BCUT2D eigenvalue weighted by atomic mass is 16.7.